The number of rotatable bonds is 5. The maximum absolute atomic E-state index is 11.9. The SMILES string of the molecule is CCCCc1n[nH]c2c(=O)[nH]c(CC3CC3)nc12. The summed E-state index contributed by atoms with van der Waals surface area (Å²) in [6.07, 6.45) is 6.49. The lowest BCUT2D eigenvalue weighted by molar-refractivity contribution is 0.764. The fourth-order valence-corrected chi connectivity index (χ4v) is 2.22. The van der Waals surface area contributed by atoms with Gasteiger partial charge >= 0.3 is 0 Å². The van der Waals surface area contributed by atoms with Crippen LogP contribution in [0, 0.1) is 5.92 Å². The van der Waals surface area contributed by atoms with Crippen molar-refractivity contribution < 1.29 is 0 Å². The van der Waals surface area contributed by atoms with Gasteiger partial charge in [-0.15, -0.1) is 0 Å². The van der Waals surface area contributed by atoms with E-state index in [4.69, 9.17) is 0 Å². The monoisotopic (exact) mass is 246 g/mol. The molecule has 1 saturated carbocycles. The van der Waals surface area contributed by atoms with Crippen molar-refractivity contribution in [3.05, 3.63) is 21.9 Å². The average Bonchev–Trinajstić information content (AvgIpc) is 3.06. The van der Waals surface area contributed by atoms with E-state index in [1.54, 1.807) is 0 Å². The van der Waals surface area contributed by atoms with Crippen molar-refractivity contribution in [2.75, 3.05) is 0 Å². The lowest BCUT2D eigenvalue weighted by atomic mass is 10.2. The van der Waals surface area contributed by atoms with E-state index in [0.717, 1.165) is 48.6 Å². The summed E-state index contributed by atoms with van der Waals surface area (Å²) in [5.41, 5.74) is 2.12. The van der Waals surface area contributed by atoms with Gasteiger partial charge in [0.05, 0.1) is 5.69 Å². The van der Waals surface area contributed by atoms with Crippen LogP contribution in [0.4, 0.5) is 0 Å². The predicted octanol–water partition coefficient (Wildman–Crippen LogP) is 1.94. The third-order valence-electron chi connectivity index (χ3n) is 3.49. The van der Waals surface area contributed by atoms with E-state index in [-0.39, 0.29) is 5.56 Å². The topological polar surface area (TPSA) is 74.4 Å². The standard InChI is InChI=1S/C13H18N4O/c1-2-3-4-9-11-12(17-16-9)13(18)15-10(14-11)7-8-5-6-8/h8H,2-7H2,1H3,(H,16,17)(H,14,15,18). The van der Waals surface area contributed by atoms with E-state index in [0.29, 0.717) is 5.52 Å². The number of nitrogens with one attached hydrogen (secondary N) is 2. The van der Waals surface area contributed by atoms with E-state index in [9.17, 15) is 4.79 Å². The highest BCUT2D eigenvalue weighted by Crippen LogP contribution is 2.31. The number of H-pyrrole nitrogens is 2. The second kappa shape index (κ2) is 4.55. The van der Waals surface area contributed by atoms with E-state index >= 15 is 0 Å². The Bertz CT molecular complexity index is 609. The molecule has 1 fully saturated rings. The minimum absolute atomic E-state index is 0.0918. The third-order valence-corrected chi connectivity index (χ3v) is 3.49. The van der Waals surface area contributed by atoms with Crippen molar-refractivity contribution in [1.29, 1.82) is 0 Å². The summed E-state index contributed by atoms with van der Waals surface area (Å²) < 4.78 is 0. The molecule has 0 radical (unpaired) electrons. The Labute approximate surface area is 105 Å². The van der Waals surface area contributed by atoms with Crippen molar-refractivity contribution in [2.45, 2.75) is 45.4 Å². The number of fused-ring (bicyclic) bond motifs is 1. The highest BCUT2D eigenvalue weighted by atomic mass is 16.1. The molecule has 5 heteroatoms. The molecular formula is C13H18N4O. The molecule has 1 aliphatic carbocycles. The number of aromatic amines is 2. The molecule has 0 saturated heterocycles. The van der Waals surface area contributed by atoms with Crippen LogP contribution in [0.5, 0.6) is 0 Å². The highest BCUT2D eigenvalue weighted by molar-refractivity contribution is 5.75. The molecule has 0 aromatic carbocycles. The molecule has 0 spiro atoms. The molecule has 2 heterocycles. The Morgan fingerprint density at radius 2 is 2.22 bits per heavy atom. The molecule has 18 heavy (non-hydrogen) atoms. The van der Waals surface area contributed by atoms with Crippen molar-refractivity contribution >= 4 is 11.0 Å². The van der Waals surface area contributed by atoms with Crippen LogP contribution in [0.25, 0.3) is 11.0 Å². The molecule has 3 rings (SSSR count). The molecule has 0 bridgehead atoms. The van der Waals surface area contributed by atoms with Gasteiger partial charge in [0.1, 0.15) is 16.9 Å². The molecule has 0 unspecified atom stereocenters. The van der Waals surface area contributed by atoms with Gasteiger partial charge in [-0.1, -0.05) is 13.3 Å². The van der Waals surface area contributed by atoms with Crippen LogP contribution in [-0.2, 0) is 12.8 Å². The van der Waals surface area contributed by atoms with Gasteiger partial charge in [-0.2, -0.15) is 5.10 Å². The van der Waals surface area contributed by atoms with Crippen LogP contribution >= 0.6 is 0 Å². The van der Waals surface area contributed by atoms with Gasteiger partial charge in [0, 0.05) is 6.42 Å². The first-order chi connectivity index (χ1) is 8.78. The summed E-state index contributed by atoms with van der Waals surface area (Å²) in [7, 11) is 0. The van der Waals surface area contributed by atoms with Crippen LogP contribution in [0.2, 0.25) is 0 Å². The summed E-state index contributed by atoms with van der Waals surface area (Å²) in [5.74, 6) is 1.53. The Balaban J connectivity index is 1.98. The Morgan fingerprint density at radius 1 is 1.39 bits per heavy atom. The van der Waals surface area contributed by atoms with E-state index in [1.807, 2.05) is 0 Å². The quantitative estimate of drug-likeness (QED) is 0.846. The molecule has 2 aromatic rings. The summed E-state index contributed by atoms with van der Waals surface area (Å²) in [5, 5.41) is 7.03. The largest absolute Gasteiger partial charge is 0.309 e. The maximum atomic E-state index is 11.9. The van der Waals surface area contributed by atoms with Gasteiger partial charge in [0.2, 0.25) is 0 Å². The molecule has 0 atom stereocenters. The average molecular weight is 246 g/mol. The van der Waals surface area contributed by atoms with Crippen molar-refractivity contribution in [2.24, 2.45) is 5.92 Å². The first-order valence-electron chi connectivity index (χ1n) is 6.74. The Morgan fingerprint density at radius 3 is 2.94 bits per heavy atom. The lowest BCUT2D eigenvalue weighted by Gasteiger charge is -2.00. The van der Waals surface area contributed by atoms with Gasteiger partial charge in [0.15, 0.2) is 0 Å². The van der Waals surface area contributed by atoms with Gasteiger partial charge in [-0.25, -0.2) is 4.98 Å². The zero-order valence-electron chi connectivity index (χ0n) is 10.6. The van der Waals surface area contributed by atoms with Gasteiger partial charge in [-0.3, -0.25) is 9.89 Å². The minimum atomic E-state index is -0.0918. The van der Waals surface area contributed by atoms with Crippen LogP contribution in [0.1, 0.15) is 44.1 Å². The second-order valence-electron chi connectivity index (χ2n) is 5.16. The normalized spacial score (nSPS) is 15.4. The summed E-state index contributed by atoms with van der Waals surface area (Å²) >= 11 is 0. The molecule has 0 amide bonds. The zero-order valence-corrected chi connectivity index (χ0v) is 10.6. The zero-order chi connectivity index (χ0) is 12.5. The molecule has 96 valence electrons. The fourth-order valence-electron chi connectivity index (χ4n) is 2.22. The second-order valence-corrected chi connectivity index (χ2v) is 5.16. The number of aromatic nitrogens is 4. The summed E-state index contributed by atoms with van der Waals surface area (Å²) in [6, 6.07) is 0. The van der Waals surface area contributed by atoms with Crippen LogP contribution in [0.15, 0.2) is 4.79 Å². The van der Waals surface area contributed by atoms with E-state index < -0.39 is 0 Å². The van der Waals surface area contributed by atoms with E-state index in [2.05, 4.69) is 27.1 Å². The van der Waals surface area contributed by atoms with Crippen LogP contribution in [-0.4, -0.2) is 20.2 Å². The highest BCUT2D eigenvalue weighted by Gasteiger charge is 2.23. The smallest absolute Gasteiger partial charge is 0.276 e. The lowest BCUT2D eigenvalue weighted by Crippen LogP contribution is -2.12. The van der Waals surface area contributed by atoms with Crippen molar-refractivity contribution in [1.82, 2.24) is 20.2 Å². The van der Waals surface area contributed by atoms with Crippen molar-refractivity contribution in [3.8, 4) is 0 Å². The summed E-state index contributed by atoms with van der Waals surface area (Å²) in [6.45, 7) is 2.15. The number of unbranched alkanes of at least 4 members (excludes halogenated alkanes) is 1. The Kier molecular flexibility index (Phi) is 2.89. The van der Waals surface area contributed by atoms with Crippen LogP contribution < -0.4 is 5.56 Å². The third kappa shape index (κ3) is 2.17. The first-order valence-corrected chi connectivity index (χ1v) is 6.74. The van der Waals surface area contributed by atoms with E-state index in [1.165, 1.54) is 12.8 Å². The van der Waals surface area contributed by atoms with Crippen molar-refractivity contribution in [3.63, 3.8) is 0 Å². The van der Waals surface area contributed by atoms with Gasteiger partial charge < -0.3 is 4.98 Å². The molecular weight excluding hydrogens is 228 g/mol. The minimum Gasteiger partial charge on any atom is -0.309 e. The number of aryl methyl sites for hydroxylation is 1. The first kappa shape index (κ1) is 11.4. The Hall–Kier alpha value is -1.65. The van der Waals surface area contributed by atoms with Gasteiger partial charge in [0.25, 0.3) is 5.56 Å². The number of hydrogen-bond acceptors (Lipinski definition) is 3. The molecule has 2 aromatic heterocycles. The van der Waals surface area contributed by atoms with Crippen LogP contribution in [0.3, 0.4) is 0 Å². The predicted molar refractivity (Wildman–Crippen MR) is 69.5 cm³/mol. The maximum Gasteiger partial charge on any atom is 0.276 e. The fraction of sp³-hybridized carbons (Fsp3) is 0.615. The number of nitrogens with zero attached hydrogens (tertiary/aromatic N) is 2. The molecule has 1 aliphatic rings. The summed E-state index contributed by atoms with van der Waals surface area (Å²) in [4.78, 5) is 19.4. The molecule has 0 aliphatic heterocycles. The molecule has 2 N–H and O–H groups in total. The number of hydrogen-bond donors (Lipinski definition) is 2. The van der Waals surface area contributed by atoms with Gasteiger partial charge in [-0.05, 0) is 31.6 Å². The molecule has 5 nitrogen and oxygen atoms in total.